The molecule has 4 aromatic rings. The largest absolute Gasteiger partial charge is 0.497 e. The number of halogens is 1. The molecule has 0 aliphatic carbocycles. The lowest BCUT2D eigenvalue weighted by molar-refractivity contribution is 0.415. The van der Waals surface area contributed by atoms with E-state index in [0.717, 1.165) is 32.3 Å². The Labute approximate surface area is 179 Å². The van der Waals surface area contributed by atoms with E-state index < -0.39 is 0 Å². The Morgan fingerprint density at radius 3 is 2.76 bits per heavy atom. The highest BCUT2D eigenvalue weighted by Gasteiger charge is 2.11. The number of fused-ring (bicyclic) bond motifs is 1. The van der Waals surface area contributed by atoms with Crippen LogP contribution in [0.5, 0.6) is 5.75 Å². The molecule has 0 aliphatic rings. The van der Waals surface area contributed by atoms with Crippen molar-refractivity contribution in [3.05, 3.63) is 69.0 Å². The fraction of sp³-hybridized carbons (Fsp3) is 0.150. The molecule has 0 bridgehead atoms. The molecule has 148 valence electrons. The highest BCUT2D eigenvalue weighted by atomic mass is 35.5. The fourth-order valence-electron chi connectivity index (χ4n) is 2.72. The van der Waals surface area contributed by atoms with E-state index in [4.69, 9.17) is 20.8 Å². The Morgan fingerprint density at radius 2 is 2.00 bits per heavy atom. The minimum Gasteiger partial charge on any atom is -0.497 e. The van der Waals surface area contributed by atoms with E-state index >= 15 is 0 Å². The summed E-state index contributed by atoms with van der Waals surface area (Å²) in [6, 6.07) is 12.7. The van der Waals surface area contributed by atoms with Gasteiger partial charge in [-0.2, -0.15) is 0 Å². The maximum Gasteiger partial charge on any atom is 0.336 e. The van der Waals surface area contributed by atoms with Crippen molar-refractivity contribution in [3.63, 3.8) is 0 Å². The van der Waals surface area contributed by atoms with E-state index in [9.17, 15) is 4.79 Å². The first-order valence-corrected chi connectivity index (χ1v) is 10.8. The van der Waals surface area contributed by atoms with Crippen molar-refractivity contribution in [1.29, 1.82) is 0 Å². The molecule has 0 unspecified atom stereocenters. The number of thioether (sulfide) groups is 1. The molecule has 0 radical (unpaired) electrons. The van der Waals surface area contributed by atoms with Gasteiger partial charge in [0.15, 0.2) is 4.34 Å². The van der Waals surface area contributed by atoms with Gasteiger partial charge >= 0.3 is 5.63 Å². The summed E-state index contributed by atoms with van der Waals surface area (Å²) in [7, 11) is 1.63. The molecule has 0 atom stereocenters. The Kier molecular flexibility index (Phi) is 5.75. The predicted molar refractivity (Wildman–Crippen MR) is 118 cm³/mol. The average molecular weight is 446 g/mol. The zero-order chi connectivity index (χ0) is 20.4. The number of anilines is 2. The first-order chi connectivity index (χ1) is 14.0. The van der Waals surface area contributed by atoms with Crippen LogP contribution in [0.3, 0.4) is 0 Å². The Bertz CT molecular complexity index is 1220. The van der Waals surface area contributed by atoms with Gasteiger partial charge in [-0.05, 0) is 54.4 Å². The van der Waals surface area contributed by atoms with Crippen LogP contribution in [0.2, 0.25) is 5.02 Å². The van der Waals surface area contributed by atoms with Gasteiger partial charge in [0, 0.05) is 27.9 Å². The Hall–Kier alpha value is -2.55. The number of methoxy groups -OCH3 is 1. The molecule has 0 spiro atoms. The van der Waals surface area contributed by atoms with E-state index in [2.05, 4.69) is 15.5 Å². The summed E-state index contributed by atoms with van der Waals surface area (Å²) in [5.74, 6) is 1.34. The fourth-order valence-corrected chi connectivity index (χ4v) is 4.65. The van der Waals surface area contributed by atoms with Crippen LogP contribution in [-0.2, 0) is 5.75 Å². The lowest BCUT2D eigenvalue weighted by atomic mass is 10.1. The second kappa shape index (κ2) is 8.44. The number of hydrogen-bond acceptors (Lipinski definition) is 8. The Morgan fingerprint density at radius 1 is 1.21 bits per heavy atom. The predicted octanol–water partition coefficient (Wildman–Crippen LogP) is 5.65. The number of ether oxygens (including phenoxy) is 1. The second-order valence-corrected chi connectivity index (χ2v) is 8.81. The van der Waals surface area contributed by atoms with Gasteiger partial charge in [0.05, 0.1) is 7.11 Å². The molecule has 6 nitrogen and oxygen atoms in total. The Balaban J connectivity index is 1.50. The number of aryl methyl sites for hydroxylation is 1. The SMILES string of the molecule is COc1ccc(Nc2nnc(SCc3cc(=O)oc4cc(C)c(Cl)cc34)s2)cc1. The summed E-state index contributed by atoms with van der Waals surface area (Å²) in [4.78, 5) is 11.9. The van der Waals surface area contributed by atoms with E-state index in [1.807, 2.05) is 37.3 Å². The summed E-state index contributed by atoms with van der Waals surface area (Å²) in [6.45, 7) is 1.88. The summed E-state index contributed by atoms with van der Waals surface area (Å²) in [5, 5.41) is 13.8. The quantitative estimate of drug-likeness (QED) is 0.303. The normalized spacial score (nSPS) is 11.0. The maximum atomic E-state index is 11.9. The molecule has 0 aliphatic heterocycles. The number of hydrogen-bond donors (Lipinski definition) is 1. The van der Waals surface area contributed by atoms with Crippen molar-refractivity contribution in [1.82, 2.24) is 10.2 Å². The first-order valence-electron chi connectivity index (χ1n) is 8.62. The minimum atomic E-state index is -0.381. The van der Waals surface area contributed by atoms with Gasteiger partial charge in [0.1, 0.15) is 11.3 Å². The standard InChI is InChI=1S/C20H16ClN3O3S2/c1-11-7-17-15(9-16(11)21)12(8-18(25)27-17)10-28-20-24-23-19(29-20)22-13-3-5-14(26-2)6-4-13/h3-9H,10H2,1-2H3,(H,22,23). The van der Waals surface area contributed by atoms with Crippen LogP contribution >= 0.6 is 34.7 Å². The van der Waals surface area contributed by atoms with Gasteiger partial charge in [0.2, 0.25) is 5.13 Å². The van der Waals surface area contributed by atoms with Crippen molar-refractivity contribution in [2.24, 2.45) is 0 Å². The van der Waals surface area contributed by atoms with Crippen LogP contribution in [0, 0.1) is 6.92 Å². The third-order valence-corrected chi connectivity index (χ3v) is 6.64. The van der Waals surface area contributed by atoms with Crippen LogP contribution < -0.4 is 15.7 Å². The van der Waals surface area contributed by atoms with Crippen LogP contribution in [-0.4, -0.2) is 17.3 Å². The molecule has 2 aromatic carbocycles. The van der Waals surface area contributed by atoms with Crippen LogP contribution in [0.15, 0.2) is 56.0 Å². The molecule has 29 heavy (non-hydrogen) atoms. The molecule has 9 heteroatoms. The third kappa shape index (κ3) is 4.55. The zero-order valence-electron chi connectivity index (χ0n) is 15.6. The lowest BCUT2D eigenvalue weighted by Crippen LogP contribution is -2.00. The van der Waals surface area contributed by atoms with Gasteiger partial charge < -0.3 is 14.5 Å². The molecule has 0 fully saturated rings. The number of nitrogens with one attached hydrogen (secondary N) is 1. The summed E-state index contributed by atoms with van der Waals surface area (Å²) in [6.07, 6.45) is 0. The van der Waals surface area contributed by atoms with Crippen LogP contribution in [0.4, 0.5) is 10.8 Å². The van der Waals surface area contributed by atoms with Gasteiger partial charge in [-0.3, -0.25) is 0 Å². The van der Waals surface area contributed by atoms with Gasteiger partial charge in [-0.1, -0.05) is 34.7 Å². The van der Waals surface area contributed by atoms with Crippen LogP contribution in [0.1, 0.15) is 11.1 Å². The summed E-state index contributed by atoms with van der Waals surface area (Å²) >= 11 is 9.20. The van der Waals surface area contributed by atoms with E-state index in [1.54, 1.807) is 13.2 Å². The summed E-state index contributed by atoms with van der Waals surface area (Å²) < 4.78 is 11.3. The smallest absolute Gasteiger partial charge is 0.336 e. The highest BCUT2D eigenvalue weighted by Crippen LogP contribution is 2.33. The molecule has 0 amide bonds. The molecule has 4 rings (SSSR count). The molecule has 2 aromatic heterocycles. The lowest BCUT2D eigenvalue weighted by Gasteiger charge is -2.06. The zero-order valence-corrected chi connectivity index (χ0v) is 18.0. The summed E-state index contributed by atoms with van der Waals surface area (Å²) in [5.41, 5.74) is 2.77. The van der Waals surface area contributed by atoms with Crippen molar-refractivity contribution >= 4 is 56.5 Å². The molecule has 2 heterocycles. The van der Waals surface area contributed by atoms with E-state index in [-0.39, 0.29) is 5.63 Å². The van der Waals surface area contributed by atoms with Crippen molar-refractivity contribution in [2.45, 2.75) is 17.0 Å². The second-order valence-electron chi connectivity index (χ2n) is 6.20. The number of nitrogens with zero attached hydrogens (tertiary/aromatic N) is 2. The molecule has 0 saturated heterocycles. The van der Waals surface area contributed by atoms with Gasteiger partial charge in [-0.25, -0.2) is 4.79 Å². The monoisotopic (exact) mass is 445 g/mol. The molecule has 0 saturated carbocycles. The van der Waals surface area contributed by atoms with Crippen molar-refractivity contribution in [2.75, 3.05) is 12.4 Å². The van der Waals surface area contributed by atoms with E-state index in [1.165, 1.54) is 29.2 Å². The van der Waals surface area contributed by atoms with Crippen molar-refractivity contribution < 1.29 is 9.15 Å². The number of benzene rings is 2. The average Bonchev–Trinajstić information content (AvgIpc) is 3.15. The molecular formula is C20H16ClN3O3S2. The minimum absolute atomic E-state index is 0.381. The van der Waals surface area contributed by atoms with Gasteiger partial charge in [0.25, 0.3) is 0 Å². The van der Waals surface area contributed by atoms with Gasteiger partial charge in [-0.15, -0.1) is 10.2 Å². The highest BCUT2D eigenvalue weighted by molar-refractivity contribution is 8.00. The van der Waals surface area contributed by atoms with Crippen molar-refractivity contribution in [3.8, 4) is 5.75 Å². The number of aromatic nitrogens is 2. The van der Waals surface area contributed by atoms with E-state index in [0.29, 0.717) is 21.5 Å². The molecular weight excluding hydrogens is 430 g/mol. The third-order valence-electron chi connectivity index (χ3n) is 4.21. The topological polar surface area (TPSA) is 77.2 Å². The molecule has 1 N–H and O–H groups in total. The maximum absolute atomic E-state index is 11.9. The number of rotatable bonds is 6. The first kappa shape index (κ1) is 19.8. The van der Waals surface area contributed by atoms with Crippen LogP contribution in [0.25, 0.3) is 11.0 Å².